The van der Waals surface area contributed by atoms with Crippen LogP contribution in [0.3, 0.4) is 0 Å². The van der Waals surface area contributed by atoms with E-state index in [0.717, 1.165) is 11.1 Å². The van der Waals surface area contributed by atoms with Crippen molar-refractivity contribution in [1.29, 1.82) is 0 Å². The molecule has 0 saturated carbocycles. The van der Waals surface area contributed by atoms with Gasteiger partial charge in [-0.1, -0.05) is 60.7 Å². The van der Waals surface area contributed by atoms with Gasteiger partial charge >= 0.3 is 5.97 Å². The van der Waals surface area contributed by atoms with Crippen LogP contribution in [0.4, 0.5) is 0 Å². The van der Waals surface area contributed by atoms with E-state index in [1.54, 1.807) is 0 Å². The molecule has 1 saturated heterocycles. The summed E-state index contributed by atoms with van der Waals surface area (Å²) in [4.78, 5) is 25.7. The first kappa shape index (κ1) is 18.1. The molecule has 3 rings (SSSR count). The summed E-state index contributed by atoms with van der Waals surface area (Å²) in [5.74, 6) is -1.02. The maximum atomic E-state index is 12.6. The number of likely N-dealkylation sites (tertiary alicyclic amines) is 1. The molecule has 5 heteroatoms. The number of nitrogens with one attached hydrogen (secondary N) is 1. The number of aliphatic carboxylic acids is 1. The van der Waals surface area contributed by atoms with Gasteiger partial charge in [0.1, 0.15) is 6.04 Å². The highest BCUT2D eigenvalue weighted by Gasteiger charge is 2.39. The number of carbonyl (C=O) groups excluding carboxylic acids is 1. The Morgan fingerprint density at radius 2 is 1.62 bits per heavy atom. The molecule has 26 heavy (non-hydrogen) atoms. The van der Waals surface area contributed by atoms with Crippen molar-refractivity contribution in [3.8, 4) is 0 Å². The highest BCUT2D eigenvalue weighted by Crippen LogP contribution is 2.20. The highest BCUT2D eigenvalue weighted by atomic mass is 16.4. The number of hydrogen-bond donors (Lipinski definition) is 2. The van der Waals surface area contributed by atoms with Gasteiger partial charge in [-0.3, -0.25) is 4.79 Å². The van der Waals surface area contributed by atoms with E-state index in [9.17, 15) is 14.7 Å². The van der Waals surface area contributed by atoms with Gasteiger partial charge in [0.15, 0.2) is 0 Å². The number of carboxylic acid groups (broad SMARTS) is 1. The zero-order valence-electron chi connectivity index (χ0n) is 14.7. The van der Waals surface area contributed by atoms with Gasteiger partial charge in [-0.05, 0) is 24.0 Å². The van der Waals surface area contributed by atoms with Crippen LogP contribution in [0.5, 0.6) is 0 Å². The Morgan fingerprint density at radius 1 is 1.00 bits per heavy atom. The minimum atomic E-state index is -0.929. The van der Waals surface area contributed by atoms with E-state index >= 15 is 0 Å². The van der Waals surface area contributed by atoms with Crippen molar-refractivity contribution >= 4 is 11.9 Å². The molecule has 0 bridgehead atoms. The van der Waals surface area contributed by atoms with Gasteiger partial charge in [-0.25, -0.2) is 4.79 Å². The molecule has 1 amide bonds. The van der Waals surface area contributed by atoms with E-state index in [4.69, 9.17) is 0 Å². The van der Waals surface area contributed by atoms with Gasteiger partial charge in [-0.2, -0.15) is 0 Å². The number of benzene rings is 2. The first-order valence-electron chi connectivity index (χ1n) is 8.97. The van der Waals surface area contributed by atoms with Crippen LogP contribution >= 0.6 is 0 Å². The summed E-state index contributed by atoms with van der Waals surface area (Å²) in [7, 11) is 0. The molecule has 0 aliphatic carbocycles. The van der Waals surface area contributed by atoms with Crippen LogP contribution in [0, 0.1) is 0 Å². The first-order valence-corrected chi connectivity index (χ1v) is 8.97. The lowest BCUT2D eigenvalue weighted by Gasteiger charge is -2.21. The van der Waals surface area contributed by atoms with Crippen LogP contribution in [-0.2, 0) is 22.6 Å². The number of rotatable bonds is 7. The van der Waals surface area contributed by atoms with Crippen molar-refractivity contribution in [2.45, 2.75) is 37.9 Å². The SMILES string of the molecule is O=C(O)C1C[C@@H](NCc2ccccc2)CN1C(=O)CCc1ccccc1. The van der Waals surface area contributed by atoms with Gasteiger partial charge in [0.2, 0.25) is 5.91 Å². The summed E-state index contributed by atoms with van der Waals surface area (Å²) in [6.07, 6.45) is 1.41. The van der Waals surface area contributed by atoms with Crippen LogP contribution in [0.25, 0.3) is 0 Å². The Balaban J connectivity index is 1.56. The molecule has 1 aliphatic rings. The summed E-state index contributed by atoms with van der Waals surface area (Å²) < 4.78 is 0. The third kappa shape index (κ3) is 4.70. The van der Waals surface area contributed by atoms with E-state index in [-0.39, 0.29) is 11.9 Å². The molecular formula is C21H24N2O3. The second-order valence-electron chi connectivity index (χ2n) is 6.68. The van der Waals surface area contributed by atoms with Crippen LogP contribution in [0.2, 0.25) is 0 Å². The molecule has 5 nitrogen and oxygen atoms in total. The van der Waals surface area contributed by atoms with Crippen LogP contribution in [-0.4, -0.2) is 40.5 Å². The van der Waals surface area contributed by atoms with E-state index in [2.05, 4.69) is 5.32 Å². The molecule has 1 fully saturated rings. The molecule has 1 unspecified atom stereocenters. The molecular weight excluding hydrogens is 328 g/mol. The van der Waals surface area contributed by atoms with Gasteiger partial charge in [-0.15, -0.1) is 0 Å². The fourth-order valence-electron chi connectivity index (χ4n) is 3.39. The molecule has 1 heterocycles. The minimum Gasteiger partial charge on any atom is -0.480 e. The Labute approximate surface area is 153 Å². The van der Waals surface area contributed by atoms with Crippen molar-refractivity contribution in [3.05, 3.63) is 71.8 Å². The molecule has 2 aromatic rings. The predicted molar refractivity (Wildman–Crippen MR) is 99.6 cm³/mol. The lowest BCUT2D eigenvalue weighted by Crippen LogP contribution is -2.41. The predicted octanol–water partition coefficient (Wildman–Crippen LogP) is 2.46. The number of carboxylic acids is 1. The normalized spacial score (nSPS) is 19.5. The number of nitrogens with zero attached hydrogens (tertiary/aromatic N) is 1. The Hall–Kier alpha value is -2.66. The maximum Gasteiger partial charge on any atom is 0.326 e. The zero-order valence-corrected chi connectivity index (χ0v) is 14.7. The van der Waals surface area contributed by atoms with Crippen LogP contribution in [0.15, 0.2) is 60.7 Å². The molecule has 0 aromatic heterocycles. The van der Waals surface area contributed by atoms with Crippen molar-refractivity contribution in [1.82, 2.24) is 10.2 Å². The summed E-state index contributed by atoms with van der Waals surface area (Å²) >= 11 is 0. The second-order valence-corrected chi connectivity index (χ2v) is 6.68. The average molecular weight is 352 g/mol. The van der Waals surface area contributed by atoms with Gasteiger partial charge in [0.05, 0.1) is 0 Å². The highest BCUT2D eigenvalue weighted by molar-refractivity contribution is 5.84. The summed E-state index contributed by atoms with van der Waals surface area (Å²) in [6.45, 7) is 1.11. The number of aryl methyl sites for hydroxylation is 1. The fourth-order valence-corrected chi connectivity index (χ4v) is 3.39. The van der Waals surface area contributed by atoms with E-state index in [1.165, 1.54) is 4.90 Å². The molecule has 2 N–H and O–H groups in total. The lowest BCUT2D eigenvalue weighted by molar-refractivity contribution is -0.148. The Kier molecular flexibility index (Phi) is 6.02. The number of hydrogen-bond acceptors (Lipinski definition) is 3. The topological polar surface area (TPSA) is 69.6 Å². The van der Waals surface area contributed by atoms with Crippen molar-refractivity contribution in [2.75, 3.05) is 6.54 Å². The van der Waals surface area contributed by atoms with Gasteiger partial charge in [0, 0.05) is 25.6 Å². The molecule has 2 aromatic carbocycles. The smallest absolute Gasteiger partial charge is 0.326 e. The Morgan fingerprint density at radius 3 is 2.23 bits per heavy atom. The van der Waals surface area contributed by atoms with E-state index < -0.39 is 12.0 Å². The van der Waals surface area contributed by atoms with Crippen LogP contribution < -0.4 is 5.32 Å². The lowest BCUT2D eigenvalue weighted by atomic mass is 10.1. The molecule has 2 atom stereocenters. The van der Waals surface area contributed by atoms with E-state index in [0.29, 0.717) is 32.4 Å². The average Bonchev–Trinajstić information content (AvgIpc) is 3.11. The Bertz CT molecular complexity index is 733. The largest absolute Gasteiger partial charge is 0.480 e. The van der Waals surface area contributed by atoms with Gasteiger partial charge in [0.25, 0.3) is 0 Å². The summed E-state index contributed by atoms with van der Waals surface area (Å²) in [6, 6.07) is 19.0. The van der Waals surface area contributed by atoms with Crippen molar-refractivity contribution < 1.29 is 14.7 Å². The zero-order chi connectivity index (χ0) is 18.4. The monoisotopic (exact) mass is 352 g/mol. The van der Waals surface area contributed by atoms with Gasteiger partial charge < -0.3 is 15.3 Å². The fraction of sp³-hybridized carbons (Fsp3) is 0.333. The molecule has 1 aliphatic heterocycles. The second kappa shape index (κ2) is 8.63. The molecule has 136 valence electrons. The van der Waals surface area contributed by atoms with Crippen molar-refractivity contribution in [2.24, 2.45) is 0 Å². The minimum absolute atomic E-state index is 0.00279. The number of amides is 1. The summed E-state index contributed by atoms with van der Waals surface area (Å²) in [5.41, 5.74) is 2.24. The quantitative estimate of drug-likeness (QED) is 0.803. The summed E-state index contributed by atoms with van der Waals surface area (Å²) in [5, 5.41) is 12.9. The molecule has 0 spiro atoms. The third-order valence-corrected chi connectivity index (χ3v) is 4.81. The maximum absolute atomic E-state index is 12.6. The number of carbonyl (C=O) groups is 2. The van der Waals surface area contributed by atoms with Crippen molar-refractivity contribution in [3.63, 3.8) is 0 Å². The first-order chi connectivity index (χ1) is 12.6. The van der Waals surface area contributed by atoms with E-state index in [1.807, 2.05) is 60.7 Å². The third-order valence-electron chi connectivity index (χ3n) is 4.81. The standard InChI is InChI=1S/C21H24N2O3/c24-20(12-11-16-7-3-1-4-8-16)23-15-18(13-19(23)21(25)26)22-14-17-9-5-2-6-10-17/h1-10,18-19,22H,11-15H2,(H,25,26)/t18-,19?/m1/s1. The van der Waals surface area contributed by atoms with Crippen LogP contribution in [0.1, 0.15) is 24.0 Å². The molecule has 0 radical (unpaired) electrons.